The van der Waals surface area contributed by atoms with E-state index >= 15 is 4.39 Å². The minimum atomic E-state index is -0.647. The molecule has 0 spiro atoms. The number of hydrogen-bond donors (Lipinski definition) is 1. The van der Waals surface area contributed by atoms with Crippen LogP contribution in [0.2, 0.25) is 0 Å². The van der Waals surface area contributed by atoms with Gasteiger partial charge in [-0.3, -0.25) is 9.88 Å². The van der Waals surface area contributed by atoms with Gasteiger partial charge in [-0.2, -0.15) is 9.97 Å². The number of hydrogen-bond acceptors (Lipinski definition) is 7. The summed E-state index contributed by atoms with van der Waals surface area (Å²) in [5, 5.41) is 4.16. The largest absolute Gasteiger partial charge is 0.461 e. The zero-order valence-corrected chi connectivity index (χ0v) is 20.2. The van der Waals surface area contributed by atoms with Gasteiger partial charge in [-0.25, -0.2) is 8.78 Å². The van der Waals surface area contributed by atoms with Gasteiger partial charge in [0, 0.05) is 36.9 Å². The lowest BCUT2D eigenvalue weighted by Crippen LogP contribution is -2.51. The van der Waals surface area contributed by atoms with Crippen molar-refractivity contribution < 1.29 is 13.5 Å². The summed E-state index contributed by atoms with van der Waals surface area (Å²) in [6.45, 7) is 4.27. The molecule has 4 aliphatic rings. The fourth-order valence-electron chi connectivity index (χ4n) is 6.80. The summed E-state index contributed by atoms with van der Waals surface area (Å²) in [7, 11) is 0. The van der Waals surface area contributed by atoms with E-state index in [1.165, 1.54) is 25.0 Å². The molecule has 1 aromatic carbocycles. The first kappa shape index (κ1) is 22.3. The Morgan fingerprint density at radius 1 is 1.03 bits per heavy atom. The molecule has 188 valence electrons. The van der Waals surface area contributed by atoms with Gasteiger partial charge in [0.15, 0.2) is 5.82 Å². The maximum atomic E-state index is 16.0. The van der Waals surface area contributed by atoms with Gasteiger partial charge in [-0.15, -0.1) is 0 Å². The Bertz CT molecular complexity index is 1300. The van der Waals surface area contributed by atoms with Crippen LogP contribution in [0.1, 0.15) is 38.5 Å². The monoisotopic (exact) mass is 492 g/mol. The molecule has 2 bridgehead atoms. The van der Waals surface area contributed by atoms with Crippen LogP contribution in [0.5, 0.6) is 6.01 Å². The Labute approximate surface area is 208 Å². The van der Waals surface area contributed by atoms with Crippen molar-refractivity contribution in [1.29, 1.82) is 0 Å². The van der Waals surface area contributed by atoms with Crippen LogP contribution in [0.25, 0.3) is 22.2 Å². The van der Waals surface area contributed by atoms with E-state index in [0.29, 0.717) is 29.9 Å². The molecule has 36 heavy (non-hydrogen) atoms. The number of piperazine rings is 1. The van der Waals surface area contributed by atoms with Crippen molar-refractivity contribution in [1.82, 2.24) is 25.2 Å². The second-order valence-corrected chi connectivity index (χ2v) is 10.7. The van der Waals surface area contributed by atoms with Crippen LogP contribution in [0.15, 0.2) is 30.5 Å². The lowest BCUT2D eigenvalue weighted by molar-refractivity contribution is 0.108. The average molecular weight is 493 g/mol. The maximum absolute atomic E-state index is 16.0. The molecule has 0 amide bonds. The Morgan fingerprint density at radius 3 is 2.53 bits per heavy atom. The van der Waals surface area contributed by atoms with Crippen LogP contribution >= 0.6 is 0 Å². The first-order valence-electron chi connectivity index (χ1n) is 13.1. The van der Waals surface area contributed by atoms with E-state index in [0.717, 1.165) is 51.9 Å². The van der Waals surface area contributed by atoms with Crippen molar-refractivity contribution in [2.24, 2.45) is 0 Å². The fourth-order valence-corrected chi connectivity index (χ4v) is 6.80. The molecule has 6 heterocycles. The standard InChI is InChI=1S/C27H30F2N6O/c28-21-6-2-1-5-19(21)23-22(29)24-20(13-30-23)25(34-14-17-7-8-18(15-34)31-17)33-26(32-24)36-16-27-9-3-11-35(27)12-4-10-27/h1-2,5-6,13,17-18,31H,3-4,7-12,14-16H2. The zero-order valence-electron chi connectivity index (χ0n) is 20.2. The molecule has 2 aromatic heterocycles. The molecular formula is C27H30F2N6O. The van der Waals surface area contributed by atoms with Gasteiger partial charge < -0.3 is 15.0 Å². The molecule has 0 saturated carbocycles. The summed E-state index contributed by atoms with van der Waals surface area (Å²) < 4.78 is 36.8. The van der Waals surface area contributed by atoms with Crippen molar-refractivity contribution in [3.8, 4) is 17.3 Å². The van der Waals surface area contributed by atoms with Gasteiger partial charge in [0.1, 0.15) is 29.5 Å². The number of halogens is 2. The molecule has 0 aliphatic carbocycles. The quantitative estimate of drug-likeness (QED) is 0.579. The minimum absolute atomic E-state index is 0.0295. The predicted octanol–water partition coefficient (Wildman–Crippen LogP) is 3.92. The van der Waals surface area contributed by atoms with E-state index in [1.807, 2.05) is 0 Å². The number of ether oxygens (including phenoxy) is 1. The highest BCUT2D eigenvalue weighted by Crippen LogP contribution is 2.40. The summed E-state index contributed by atoms with van der Waals surface area (Å²) in [6.07, 6.45) is 8.37. The Morgan fingerprint density at radius 2 is 1.78 bits per heavy atom. The van der Waals surface area contributed by atoms with Crippen LogP contribution in [0.3, 0.4) is 0 Å². The zero-order chi connectivity index (χ0) is 24.3. The molecular weight excluding hydrogens is 462 g/mol. The van der Waals surface area contributed by atoms with Gasteiger partial charge in [0.2, 0.25) is 0 Å². The number of rotatable bonds is 5. The lowest BCUT2D eigenvalue weighted by Gasteiger charge is -2.34. The SMILES string of the molecule is Fc1ccccc1-c1ncc2c(N3CC4CCC(C3)N4)nc(OCC34CCCN3CCC4)nc2c1F. The van der Waals surface area contributed by atoms with Crippen molar-refractivity contribution in [2.45, 2.75) is 56.1 Å². The number of anilines is 1. The summed E-state index contributed by atoms with van der Waals surface area (Å²) in [5.74, 6) is -0.521. The second kappa shape index (κ2) is 8.59. The number of nitrogens with zero attached hydrogens (tertiary/aromatic N) is 5. The average Bonchev–Trinajstić information content (AvgIpc) is 3.57. The number of pyridine rings is 1. The molecule has 0 radical (unpaired) electrons. The van der Waals surface area contributed by atoms with Crippen LogP contribution in [-0.2, 0) is 0 Å². The maximum Gasteiger partial charge on any atom is 0.319 e. The first-order chi connectivity index (χ1) is 17.6. The smallest absolute Gasteiger partial charge is 0.319 e. The molecule has 7 rings (SSSR count). The highest BCUT2D eigenvalue weighted by Gasteiger charge is 2.45. The van der Waals surface area contributed by atoms with E-state index in [4.69, 9.17) is 9.72 Å². The van der Waals surface area contributed by atoms with E-state index < -0.39 is 11.6 Å². The molecule has 9 heteroatoms. The normalized spacial score (nSPS) is 25.0. The number of benzene rings is 1. The van der Waals surface area contributed by atoms with E-state index in [1.54, 1.807) is 18.3 Å². The third kappa shape index (κ3) is 3.63. The molecule has 2 unspecified atom stereocenters. The van der Waals surface area contributed by atoms with Gasteiger partial charge in [-0.05, 0) is 63.7 Å². The molecule has 7 nitrogen and oxygen atoms in total. The Balaban J connectivity index is 1.31. The van der Waals surface area contributed by atoms with Gasteiger partial charge in [0.05, 0.1) is 10.9 Å². The van der Waals surface area contributed by atoms with Crippen LogP contribution in [0, 0.1) is 11.6 Å². The minimum Gasteiger partial charge on any atom is -0.461 e. The van der Waals surface area contributed by atoms with Crippen LogP contribution < -0.4 is 15.0 Å². The van der Waals surface area contributed by atoms with Crippen molar-refractivity contribution in [3.05, 3.63) is 42.1 Å². The first-order valence-corrected chi connectivity index (χ1v) is 13.1. The van der Waals surface area contributed by atoms with E-state index in [9.17, 15) is 4.39 Å². The topological polar surface area (TPSA) is 66.4 Å². The Kier molecular flexibility index (Phi) is 5.32. The fraction of sp³-hybridized carbons (Fsp3) is 0.519. The summed E-state index contributed by atoms with van der Waals surface area (Å²) in [6, 6.07) is 7.06. The highest BCUT2D eigenvalue weighted by molar-refractivity contribution is 5.92. The van der Waals surface area contributed by atoms with Crippen molar-refractivity contribution >= 4 is 16.7 Å². The second-order valence-electron chi connectivity index (χ2n) is 10.7. The number of fused-ring (bicyclic) bond motifs is 4. The molecule has 4 fully saturated rings. The lowest BCUT2D eigenvalue weighted by atomic mass is 9.95. The van der Waals surface area contributed by atoms with Crippen molar-refractivity contribution in [3.63, 3.8) is 0 Å². The molecule has 1 N–H and O–H groups in total. The third-order valence-corrected chi connectivity index (χ3v) is 8.57. The summed E-state index contributed by atoms with van der Waals surface area (Å²) in [5.41, 5.74) is 0.224. The van der Waals surface area contributed by atoms with E-state index in [2.05, 4.69) is 25.1 Å². The summed E-state index contributed by atoms with van der Waals surface area (Å²) >= 11 is 0. The van der Waals surface area contributed by atoms with E-state index in [-0.39, 0.29) is 28.3 Å². The third-order valence-electron chi connectivity index (χ3n) is 8.57. The summed E-state index contributed by atoms with van der Waals surface area (Å²) in [4.78, 5) is 18.4. The number of aromatic nitrogens is 3. The molecule has 2 atom stereocenters. The number of nitrogens with one attached hydrogen (secondary N) is 1. The predicted molar refractivity (Wildman–Crippen MR) is 133 cm³/mol. The molecule has 3 aromatic rings. The van der Waals surface area contributed by atoms with Crippen LogP contribution in [-0.4, -0.2) is 70.3 Å². The van der Waals surface area contributed by atoms with Crippen molar-refractivity contribution in [2.75, 3.05) is 37.7 Å². The van der Waals surface area contributed by atoms with Gasteiger partial charge in [-0.1, -0.05) is 12.1 Å². The molecule has 4 aliphatic heterocycles. The molecule has 4 saturated heterocycles. The highest BCUT2D eigenvalue weighted by atomic mass is 19.1. The Hall–Kier alpha value is -2.91. The van der Waals surface area contributed by atoms with Crippen LogP contribution in [0.4, 0.5) is 14.6 Å². The van der Waals surface area contributed by atoms with Gasteiger partial charge >= 0.3 is 6.01 Å². The van der Waals surface area contributed by atoms with Gasteiger partial charge in [0.25, 0.3) is 0 Å².